The summed E-state index contributed by atoms with van der Waals surface area (Å²) in [5.74, 6) is 0.693. The summed E-state index contributed by atoms with van der Waals surface area (Å²) in [6, 6.07) is 25.1. The van der Waals surface area contributed by atoms with Gasteiger partial charge >= 0.3 is 0 Å². The highest BCUT2D eigenvalue weighted by Gasteiger charge is 2.38. The van der Waals surface area contributed by atoms with Crippen molar-refractivity contribution in [2.24, 2.45) is 0 Å². The largest absolute Gasteiger partial charge is 0.368 e. The van der Waals surface area contributed by atoms with Crippen molar-refractivity contribution in [1.29, 1.82) is 0 Å². The number of carbonyl (C=O) groups is 1. The number of amides is 1. The number of rotatable bonds is 3. The molecule has 2 saturated heterocycles. The van der Waals surface area contributed by atoms with Gasteiger partial charge in [0.2, 0.25) is 0 Å². The molecule has 0 spiro atoms. The highest BCUT2D eigenvalue weighted by atomic mass is 16.5. The molecule has 33 heavy (non-hydrogen) atoms. The molecule has 5 heteroatoms. The minimum atomic E-state index is 0.105. The molecule has 2 aliphatic heterocycles. The number of piperidine rings is 1. The molecule has 5 nitrogen and oxygen atoms in total. The van der Waals surface area contributed by atoms with Gasteiger partial charge in [-0.05, 0) is 65.3 Å². The Hall–Kier alpha value is -3.15. The Balaban J connectivity index is 1.12. The highest BCUT2D eigenvalue weighted by molar-refractivity contribution is 5.95. The molecule has 2 atom stereocenters. The number of piperazine rings is 1. The summed E-state index contributed by atoms with van der Waals surface area (Å²) in [5.41, 5.74) is 6.93. The van der Waals surface area contributed by atoms with Gasteiger partial charge in [-0.2, -0.15) is 5.06 Å². The summed E-state index contributed by atoms with van der Waals surface area (Å²) in [6.45, 7) is 3.84. The van der Waals surface area contributed by atoms with Gasteiger partial charge in [0.1, 0.15) is 0 Å². The van der Waals surface area contributed by atoms with E-state index in [1.165, 1.54) is 21.9 Å². The monoisotopic (exact) mass is 439 g/mol. The fraction of sp³-hybridized carbons (Fsp3) is 0.321. The predicted octanol–water partition coefficient (Wildman–Crippen LogP) is 4.94. The Morgan fingerprint density at radius 2 is 1.52 bits per heavy atom. The number of hydrogen-bond donors (Lipinski definition) is 1. The van der Waals surface area contributed by atoms with Gasteiger partial charge in [0, 0.05) is 44.0 Å². The summed E-state index contributed by atoms with van der Waals surface area (Å²) in [5, 5.41) is 11.8. The van der Waals surface area contributed by atoms with Gasteiger partial charge in [-0.15, -0.1) is 0 Å². The first-order valence-electron chi connectivity index (χ1n) is 12.0. The molecule has 168 valence electrons. The van der Waals surface area contributed by atoms with Crippen LogP contribution in [0.25, 0.3) is 11.1 Å². The fourth-order valence-electron chi connectivity index (χ4n) is 5.73. The Kier molecular flexibility index (Phi) is 5.16. The molecule has 0 radical (unpaired) electrons. The van der Waals surface area contributed by atoms with Gasteiger partial charge in [-0.3, -0.25) is 4.79 Å². The van der Waals surface area contributed by atoms with Crippen LogP contribution in [0.4, 0.5) is 5.69 Å². The van der Waals surface area contributed by atoms with Crippen LogP contribution in [0.2, 0.25) is 0 Å². The predicted molar refractivity (Wildman–Crippen MR) is 130 cm³/mol. The van der Waals surface area contributed by atoms with E-state index in [2.05, 4.69) is 35.2 Å². The molecular weight excluding hydrogens is 410 g/mol. The van der Waals surface area contributed by atoms with Gasteiger partial charge < -0.3 is 15.0 Å². The second-order valence-electron chi connectivity index (χ2n) is 9.44. The van der Waals surface area contributed by atoms with E-state index < -0.39 is 0 Å². The van der Waals surface area contributed by atoms with Crippen molar-refractivity contribution in [2.75, 3.05) is 37.6 Å². The topological polar surface area (TPSA) is 47.0 Å². The van der Waals surface area contributed by atoms with Crippen LogP contribution in [0.1, 0.15) is 46.3 Å². The molecule has 3 aromatic carbocycles. The van der Waals surface area contributed by atoms with E-state index in [9.17, 15) is 10.0 Å². The molecule has 2 bridgehead atoms. The lowest BCUT2D eigenvalue weighted by Gasteiger charge is -2.36. The number of hydroxylamine groups is 2. The zero-order valence-corrected chi connectivity index (χ0v) is 18.7. The fourth-order valence-corrected chi connectivity index (χ4v) is 5.73. The first-order chi connectivity index (χ1) is 16.2. The molecular formula is C28H29N3O2. The van der Waals surface area contributed by atoms with E-state index in [-0.39, 0.29) is 11.9 Å². The van der Waals surface area contributed by atoms with Crippen LogP contribution in [-0.2, 0) is 0 Å². The number of fused-ring (bicyclic) bond motifs is 5. The third-order valence-electron chi connectivity index (χ3n) is 7.61. The molecule has 2 unspecified atom stereocenters. The highest BCUT2D eigenvalue weighted by Crippen LogP contribution is 2.49. The van der Waals surface area contributed by atoms with Crippen molar-refractivity contribution < 1.29 is 10.0 Å². The minimum absolute atomic E-state index is 0.105. The van der Waals surface area contributed by atoms with Crippen molar-refractivity contribution >= 4 is 11.6 Å². The first-order valence-corrected chi connectivity index (χ1v) is 12.0. The summed E-state index contributed by atoms with van der Waals surface area (Å²) in [4.78, 5) is 17.4. The minimum Gasteiger partial charge on any atom is -0.368 e. The lowest BCUT2D eigenvalue weighted by molar-refractivity contribution is -0.141. The Morgan fingerprint density at radius 3 is 2.27 bits per heavy atom. The van der Waals surface area contributed by atoms with Crippen LogP contribution < -0.4 is 4.90 Å². The molecule has 1 N–H and O–H groups in total. The average molecular weight is 440 g/mol. The Morgan fingerprint density at radius 1 is 0.788 bits per heavy atom. The summed E-state index contributed by atoms with van der Waals surface area (Å²) in [6.07, 6.45) is 2.06. The van der Waals surface area contributed by atoms with Crippen LogP contribution >= 0.6 is 0 Å². The van der Waals surface area contributed by atoms with Gasteiger partial charge in [-0.25, -0.2) is 0 Å². The van der Waals surface area contributed by atoms with E-state index in [0.717, 1.165) is 49.2 Å². The van der Waals surface area contributed by atoms with Gasteiger partial charge in [0.05, 0.1) is 6.04 Å². The zero-order valence-electron chi connectivity index (χ0n) is 18.7. The standard InChI is InChI=1S/C28H29N3O2/c32-28(22-8-6-21(7-9-22)20-4-2-1-3-5-20)30-16-14-29(15-17-30)24-10-11-25-23-12-13-31(33)27(18-23)26(25)19-24/h1-11,19,23,27,33H,12-18H2. The van der Waals surface area contributed by atoms with Gasteiger partial charge in [-0.1, -0.05) is 48.5 Å². The lowest BCUT2D eigenvalue weighted by atomic mass is 9.96. The first kappa shape index (κ1) is 20.5. The summed E-state index contributed by atoms with van der Waals surface area (Å²) >= 11 is 0. The maximum absolute atomic E-state index is 13.1. The van der Waals surface area contributed by atoms with Crippen LogP contribution in [0, 0.1) is 0 Å². The van der Waals surface area contributed by atoms with Crippen LogP contribution in [0.3, 0.4) is 0 Å². The van der Waals surface area contributed by atoms with Crippen molar-refractivity contribution in [2.45, 2.75) is 24.8 Å². The van der Waals surface area contributed by atoms with Crippen molar-refractivity contribution in [1.82, 2.24) is 9.96 Å². The lowest BCUT2D eigenvalue weighted by Crippen LogP contribution is -2.48. The van der Waals surface area contributed by atoms with Gasteiger partial charge in [0.15, 0.2) is 0 Å². The molecule has 1 aliphatic carbocycles. The zero-order chi connectivity index (χ0) is 22.4. The second kappa shape index (κ2) is 8.32. The second-order valence-corrected chi connectivity index (χ2v) is 9.44. The molecule has 2 heterocycles. The number of hydrogen-bond acceptors (Lipinski definition) is 4. The molecule has 1 amide bonds. The molecule has 0 saturated carbocycles. The molecule has 0 aromatic heterocycles. The SMILES string of the molecule is O=C(c1ccc(-c2ccccc2)cc1)N1CCN(c2ccc3c(c2)C2CC3CCN2O)CC1. The van der Waals surface area contributed by atoms with Crippen LogP contribution in [-0.4, -0.2) is 53.8 Å². The van der Waals surface area contributed by atoms with Crippen LogP contribution in [0.15, 0.2) is 72.8 Å². The number of carbonyl (C=O) groups excluding carboxylic acids is 1. The quantitative estimate of drug-likeness (QED) is 0.628. The summed E-state index contributed by atoms with van der Waals surface area (Å²) < 4.78 is 0. The normalized spacial score (nSPS) is 22.3. The van der Waals surface area contributed by atoms with Crippen LogP contribution in [0.5, 0.6) is 0 Å². The molecule has 3 aliphatic rings. The van der Waals surface area contributed by atoms with Gasteiger partial charge in [0.25, 0.3) is 5.91 Å². The third-order valence-corrected chi connectivity index (χ3v) is 7.61. The average Bonchev–Trinajstić information content (AvgIpc) is 3.19. The van der Waals surface area contributed by atoms with Crippen molar-refractivity contribution in [3.05, 3.63) is 89.5 Å². The third kappa shape index (κ3) is 3.71. The maximum Gasteiger partial charge on any atom is 0.253 e. The molecule has 2 fully saturated rings. The number of nitrogens with zero attached hydrogens (tertiary/aromatic N) is 3. The molecule has 6 rings (SSSR count). The van der Waals surface area contributed by atoms with E-state index in [1.54, 1.807) is 0 Å². The van der Waals surface area contributed by atoms with E-state index in [0.29, 0.717) is 19.0 Å². The van der Waals surface area contributed by atoms with Crippen molar-refractivity contribution in [3.63, 3.8) is 0 Å². The smallest absolute Gasteiger partial charge is 0.253 e. The Labute approximate surface area is 194 Å². The number of anilines is 1. The van der Waals surface area contributed by atoms with E-state index in [1.807, 2.05) is 47.4 Å². The summed E-state index contributed by atoms with van der Waals surface area (Å²) in [7, 11) is 0. The van der Waals surface area contributed by atoms with Crippen molar-refractivity contribution in [3.8, 4) is 11.1 Å². The Bertz CT molecular complexity index is 1150. The molecule has 3 aromatic rings. The number of benzene rings is 3. The van der Waals surface area contributed by atoms with E-state index >= 15 is 0 Å². The van der Waals surface area contributed by atoms with E-state index in [4.69, 9.17) is 0 Å². The maximum atomic E-state index is 13.1.